The molecule has 0 spiro atoms. The Kier molecular flexibility index (Phi) is 9.23. The van der Waals surface area contributed by atoms with Gasteiger partial charge in [0.25, 0.3) is 5.91 Å². The Morgan fingerprint density at radius 3 is 2.64 bits per heavy atom. The average molecular weight is 489 g/mol. The van der Waals surface area contributed by atoms with Crippen LogP contribution in [0.25, 0.3) is 6.08 Å². The van der Waals surface area contributed by atoms with Gasteiger partial charge in [-0.3, -0.25) is 9.69 Å². The lowest BCUT2D eigenvalue weighted by molar-refractivity contribution is -0.122. The second-order valence-corrected chi connectivity index (χ2v) is 8.78. The maximum absolute atomic E-state index is 13.2. The predicted molar refractivity (Wildman–Crippen MR) is 136 cm³/mol. The van der Waals surface area contributed by atoms with Crippen molar-refractivity contribution in [2.75, 3.05) is 26.9 Å². The Morgan fingerprint density at radius 2 is 1.97 bits per heavy atom. The molecule has 1 fully saturated rings. The van der Waals surface area contributed by atoms with E-state index >= 15 is 0 Å². The van der Waals surface area contributed by atoms with Gasteiger partial charge in [0.05, 0.1) is 42.0 Å². The Balaban J connectivity index is 1.93. The Hall–Kier alpha value is -2.48. The maximum atomic E-state index is 13.2. The van der Waals surface area contributed by atoms with Crippen LogP contribution in [0.15, 0.2) is 52.4 Å². The van der Waals surface area contributed by atoms with Crippen molar-refractivity contribution >= 4 is 46.2 Å². The molecule has 1 aliphatic rings. The lowest BCUT2D eigenvalue weighted by atomic mass is 10.1. The van der Waals surface area contributed by atoms with E-state index in [1.165, 1.54) is 11.8 Å². The van der Waals surface area contributed by atoms with Gasteiger partial charge in [0.1, 0.15) is 0 Å². The third-order valence-corrected chi connectivity index (χ3v) is 6.26. The number of rotatable bonds is 10. The number of methoxy groups -OCH3 is 1. The first-order valence-corrected chi connectivity index (χ1v) is 12.1. The molecule has 1 aliphatic heterocycles. The number of ether oxygens (including phenoxy) is 3. The van der Waals surface area contributed by atoms with E-state index in [0.29, 0.717) is 46.4 Å². The van der Waals surface area contributed by atoms with E-state index in [1.54, 1.807) is 24.2 Å². The van der Waals surface area contributed by atoms with Crippen LogP contribution in [-0.2, 0) is 9.53 Å². The zero-order valence-corrected chi connectivity index (χ0v) is 20.9. The van der Waals surface area contributed by atoms with Gasteiger partial charge < -0.3 is 14.2 Å². The minimum Gasteiger partial charge on any atom is -0.493 e. The summed E-state index contributed by atoms with van der Waals surface area (Å²) in [7, 11) is 1.57. The van der Waals surface area contributed by atoms with Gasteiger partial charge in [0.2, 0.25) is 0 Å². The molecule has 2 aromatic carbocycles. The van der Waals surface area contributed by atoms with Gasteiger partial charge in [-0.25, -0.2) is 4.99 Å². The minimum absolute atomic E-state index is 0.00299. The van der Waals surface area contributed by atoms with E-state index in [0.717, 1.165) is 17.7 Å². The molecule has 1 atom stereocenters. The topological polar surface area (TPSA) is 60.4 Å². The van der Waals surface area contributed by atoms with Crippen LogP contribution in [0.4, 0.5) is 5.69 Å². The fourth-order valence-corrected chi connectivity index (χ4v) is 4.36. The molecule has 3 rings (SSSR count). The predicted octanol–water partition coefficient (Wildman–Crippen LogP) is 6.17. The van der Waals surface area contributed by atoms with E-state index in [1.807, 2.05) is 57.2 Å². The molecular formula is C25H29ClN2O4S. The molecule has 0 saturated carbocycles. The number of nitrogens with zero attached hydrogens (tertiary/aromatic N) is 2. The number of carbonyl (C=O) groups is 1. The van der Waals surface area contributed by atoms with Gasteiger partial charge in [-0.1, -0.05) is 36.7 Å². The summed E-state index contributed by atoms with van der Waals surface area (Å²) >= 11 is 7.84. The maximum Gasteiger partial charge on any atom is 0.266 e. The summed E-state index contributed by atoms with van der Waals surface area (Å²) in [6.07, 6.45) is 2.65. The van der Waals surface area contributed by atoms with E-state index in [-0.39, 0.29) is 12.0 Å². The zero-order valence-electron chi connectivity index (χ0n) is 19.3. The molecule has 0 bridgehead atoms. The molecule has 0 aliphatic carbocycles. The number of carbonyl (C=O) groups excluding carboxylic acids is 1. The number of benzene rings is 2. The van der Waals surface area contributed by atoms with Gasteiger partial charge in [-0.05, 0) is 67.9 Å². The molecule has 0 radical (unpaired) electrons. The first kappa shape index (κ1) is 25.1. The number of amidine groups is 1. The Labute approximate surface area is 204 Å². The van der Waals surface area contributed by atoms with Crippen molar-refractivity contribution in [3.8, 4) is 11.5 Å². The van der Waals surface area contributed by atoms with Crippen molar-refractivity contribution in [3.05, 3.63) is 58.0 Å². The van der Waals surface area contributed by atoms with E-state index in [4.69, 9.17) is 25.8 Å². The number of hydrogen-bond donors (Lipinski definition) is 0. The Bertz CT molecular complexity index is 1030. The summed E-state index contributed by atoms with van der Waals surface area (Å²) in [4.78, 5) is 20.1. The highest BCUT2D eigenvalue weighted by Crippen LogP contribution is 2.40. The molecule has 1 saturated heterocycles. The number of halogens is 1. The molecule has 0 N–H and O–H groups in total. The van der Waals surface area contributed by atoms with Gasteiger partial charge in [-0.15, -0.1) is 0 Å². The van der Waals surface area contributed by atoms with Crippen LogP contribution < -0.4 is 9.47 Å². The summed E-state index contributed by atoms with van der Waals surface area (Å²) in [5.74, 6) is 0.909. The van der Waals surface area contributed by atoms with Crippen molar-refractivity contribution in [1.29, 1.82) is 0 Å². The number of thioether (sulfide) groups is 1. The average Bonchev–Trinajstić information content (AvgIpc) is 3.10. The van der Waals surface area contributed by atoms with Gasteiger partial charge in [0.15, 0.2) is 16.7 Å². The van der Waals surface area contributed by atoms with Crippen molar-refractivity contribution in [2.45, 2.75) is 33.3 Å². The second kappa shape index (κ2) is 12.1. The molecule has 0 unspecified atom stereocenters. The highest BCUT2D eigenvalue weighted by molar-refractivity contribution is 8.18. The zero-order chi connectivity index (χ0) is 23.8. The van der Waals surface area contributed by atoms with Crippen LogP contribution in [-0.4, -0.2) is 48.9 Å². The van der Waals surface area contributed by atoms with E-state index in [2.05, 4.69) is 4.99 Å². The second-order valence-electron chi connectivity index (χ2n) is 7.37. The molecular weight excluding hydrogens is 460 g/mol. The summed E-state index contributed by atoms with van der Waals surface area (Å²) in [6, 6.07) is 13.2. The molecule has 1 amide bonds. The van der Waals surface area contributed by atoms with Crippen LogP contribution in [0.1, 0.15) is 32.8 Å². The first-order valence-electron chi connectivity index (χ1n) is 10.9. The summed E-state index contributed by atoms with van der Waals surface area (Å²) in [6.45, 7) is 7.39. The molecule has 176 valence electrons. The summed E-state index contributed by atoms with van der Waals surface area (Å²) < 4.78 is 16.9. The van der Waals surface area contributed by atoms with Gasteiger partial charge in [0, 0.05) is 6.61 Å². The standard InChI is InChI=1S/C25H29ClN2O4S/c1-5-17(3)32-23-20(26)14-18(15-21(23)30-4)16-22-24(29)28(12-13-31-6-2)25(33-22)27-19-10-8-7-9-11-19/h7-11,14-17H,5-6,12-13H2,1-4H3/b22-16-,27-25?/t17-/m1/s1. The highest BCUT2D eigenvalue weighted by Gasteiger charge is 2.33. The molecule has 33 heavy (non-hydrogen) atoms. The molecule has 2 aromatic rings. The van der Waals surface area contributed by atoms with E-state index in [9.17, 15) is 4.79 Å². The Morgan fingerprint density at radius 1 is 1.21 bits per heavy atom. The number of hydrogen-bond acceptors (Lipinski definition) is 6. The van der Waals surface area contributed by atoms with Crippen LogP contribution in [0.3, 0.4) is 0 Å². The summed E-state index contributed by atoms with van der Waals surface area (Å²) in [5, 5.41) is 1.05. The van der Waals surface area contributed by atoms with Crippen molar-refractivity contribution in [2.24, 2.45) is 4.99 Å². The van der Waals surface area contributed by atoms with Gasteiger partial charge in [-0.2, -0.15) is 0 Å². The smallest absolute Gasteiger partial charge is 0.266 e. The normalized spacial score (nSPS) is 17.1. The van der Waals surface area contributed by atoms with Crippen LogP contribution >= 0.6 is 23.4 Å². The number of para-hydroxylation sites is 1. The summed E-state index contributed by atoms with van der Waals surface area (Å²) in [5.41, 5.74) is 1.53. The van der Waals surface area contributed by atoms with Crippen LogP contribution in [0.5, 0.6) is 11.5 Å². The van der Waals surface area contributed by atoms with Crippen molar-refractivity contribution in [3.63, 3.8) is 0 Å². The SMILES string of the molecule is CCOCCN1C(=O)/C(=C/c2cc(Cl)c(O[C@H](C)CC)c(OC)c2)SC1=Nc1ccccc1. The van der Waals surface area contributed by atoms with Crippen LogP contribution in [0, 0.1) is 0 Å². The lowest BCUT2D eigenvalue weighted by Crippen LogP contribution is -2.32. The largest absolute Gasteiger partial charge is 0.493 e. The molecule has 1 heterocycles. The quantitative estimate of drug-likeness (QED) is 0.296. The number of amides is 1. The first-order chi connectivity index (χ1) is 16.0. The van der Waals surface area contributed by atoms with E-state index < -0.39 is 0 Å². The monoisotopic (exact) mass is 488 g/mol. The fraction of sp³-hybridized carbons (Fsp3) is 0.360. The van der Waals surface area contributed by atoms with Gasteiger partial charge >= 0.3 is 0 Å². The minimum atomic E-state index is -0.121. The van der Waals surface area contributed by atoms with Crippen LogP contribution in [0.2, 0.25) is 5.02 Å². The lowest BCUT2D eigenvalue weighted by Gasteiger charge is -2.17. The number of aliphatic imine (C=N–C) groups is 1. The van der Waals surface area contributed by atoms with Crippen molar-refractivity contribution in [1.82, 2.24) is 4.90 Å². The molecule has 8 heteroatoms. The molecule has 6 nitrogen and oxygen atoms in total. The van der Waals surface area contributed by atoms with Crippen molar-refractivity contribution < 1.29 is 19.0 Å². The highest BCUT2D eigenvalue weighted by atomic mass is 35.5. The fourth-order valence-electron chi connectivity index (χ4n) is 3.08. The molecule has 0 aromatic heterocycles. The third kappa shape index (κ3) is 6.53. The third-order valence-electron chi connectivity index (χ3n) is 4.98.